The highest BCUT2D eigenvalue weighted by Crippen LogP contribution is 2.25. The van der Waals surface area contributed by atoms with Crippen LogP contribution >= 0.6 is 0 Å². The van der Waals surface area contributed by atoms with Gasteiger partial charge in [-0.1, -0.05) is 6.07 Å². The fourth-order valence-corrected chi connectivity index (χ4v) is 4.00. The number of furan rings is 1. The second kappa shape index (κ2) is 7.21. The maximum atomic E-state index is 13.0. The Morgan fingerprint density at radius 2 is 1.79 bits per heavy atom. The number of hydrogen-bond donors (Lipinski definition) is 2. The number of benzene rings is 2. The fourth-order valence-electron chi connectivity index (χ4n) is 2.65. The van der Waals surface area contributed by atoms with Gasteiger partial charge in [0.1, 0.15) is 11.6 Å². The number of anilines is 1. The van der Waals surface area contributed by atoms with Crippen molar-refractivity contribution in [3.63, 3.8) is 0 Å². The number of carbonyl (C=O) groups excluding carboxylic acids is 1. The Morgan fingerprint density at radius 3 is 2.50 bits per heavy atom. The number of sulfonamides is 1. The molecule has 0 atom stereocenters. The van der Waals surface area contributed by atoms with Crippen LogP contribution in [0.1, 0.15) is 23.4 Å². The zero-order valence-electron chi connectivity index (χ0n) is 14.7. The lowest BCUT2D eigenvalue weighted by molar-refractivity contribution is 0.0997. The van der Waals surface area contributed by atoms with Crippen molar-refractivity contribution in [3.05, 3.63) is 72.2 Å². The summed E-state index contributed by atoms with van der Waals surface area (Å²) in [5.41, 5.74) is 0.975. The van der Waals surface area contributed by atoms with Crippen LogP contribution in [-0.4, -0.2) is 20.4 Å². The summed E-state index contributed by atoms with van der Waals surface area (Å²) < 4.78 is 45.8. The van der Waals surface area contributed by atoms with Gasteiger partial charge in [-0.25, -0.2) is 17.5 Å². The van der Waals surface area contributed by atoms with E-state index in [4.69, 9.17) is 4.42 Å². The van der Waals surface area contributed by atoms with E-state index in [0.717, 1.165) is 12.8 Å². The molecule has 144 valence electrons. The fraction of sp³-hybridized carbons (Fsp3) is 0.150. The number of carbonyl (C=O) groups is 1. The Balaban J connectivity index is 1.49. The van der Waals surface area contributed by atoms with Crippen molar-refractivity contribution >= 4 is 21.6 Å². The highest BCUT2D eigenvalue weighted by molar-refractivity contribution is 7.89. The molecular weight excluding hydrogens is 383 g/mol. The summed E-state index contributed by atoms with van der Waals surface area (Å²) in [6.07, 6.45) is 1.68. The zero-order chi connectivity index (χ0) is 19.7. The molecule has 1 heterocycles. The third-order valence-electron chi connectivity index (χ3n) is 4.26. The third kappa shape index (κ3) is 4.13. The van der Waals surface area contributed by atoms with Crippen LogP contribution in [0.3, 0.4) is 0 Å². The van der Waals surface area contributed by atoms with Crippen LogP contribution in [-0.2, 0) is 10.0 Å². The van der Waals surface area contributed by atoms with Gasteiger partial charge in [0.05, 0.1) is 4.90 Å². The first-order chi connectivity index (χ1) is 13.4. The first kappa shape index (κ1) is 18.4. The lowest BCUT2D eigenvalue weighted by Gasteiger charge is -2.08. The molecule has 1 aromatic heterocycles. The molecule has 8 heteroatoms. The lowest BCUT2D eigenvalue weighted by Crippen LogP contribution is -2.25. The van der Waals surface area contributed by atoms with Gasteiger partial charge in [-0.2, -0.15) is 0 Å². The van der Waals surface area contributed by atoms with Crippen molar-refractivity contribution in [1.82, 2.24) is 4.72 Å². The van der Waals surface area contributed by atoms with Crippen LogP contribution in [0.2, 0.25) is 0 Å². The first-order valence-corrected chi connectivity index (χ1v) is 10.2. The Bertz CT molecular complexity index is 1120. The molecule has 3 aromatic rings. The van der Waals surface area contributed by atoms with Gasteiger partial charge in [-0.3, -0.25) is 4.79 Å². The topological polar surface area (TPSA) is 88.4 Å². The highest BCUT2D eigenvalue weighted by Gasteiger charge is 2.28. The van der Waals surface area contributed by atoms with Gasteiger partial charge in [-0.15, -0.1) is 0 Å². The van der Waals surface area contributed by atoms with E-state index in [2.05, 4.69) is 10.0 Å². The zero-order valence-corrected chi connectivity index (χ0v) is 15.5. The van der Waals surface area contributed by atoms with Crippen LogP contribution in [0.25, 0.3) is 11.3 Å². The summed E-state index contributed by atoms with van der Waals surface area (Å²) in [6, 6.07) is 14.8. The van der Waals surface area contributed by atoms with Gasteiger partial charge in [0.2, 0.25) is 10.0 Å². The lowest BCUT2D eigenvalue weighted by atomic mass is 10.2. The Morgan fingerprint density at radius 1 is 1.04 bits per heavy atom. The molecule has 4 rings (SSSR count). The van der Waals surface area contributed by atoms with Crippen LogP contribution < -0.4 is 10.0 Å². The molecule has 0 unspecified atom stereocenters. The standard InChI is InChI=1S/C20H17FN2O4S/c21-14-6-4-13(5-7-14)18-10-11-19(27-18)20(24)22-16-2-1-3-17(12-16)28(25,26)23-15-8-9-15/h1-7,10-12,15,23H,8-9H2,(H,22,24). The van der Waals surface area contributed by atoms with Crippen LogP contribution in [0.4, 0.5) is 10.1 Å². The molecule has 0 bridgehead atoms. The van der Waals surface area contributed by atoms with E-state index in [1.807, 2.05) is 0 Å². The summed E-state index contributed by atoms with van der Waals surface area (Å²) in [6.45, 7) is 0. The molecule has 0 spiro atoms. The minimum Gasteiger partial charge on any atom is -0.451 e. The third-order valence-corrected chi connectivity index (χ3v) is 5.78. The summed E-state index contributed by atoms with van der Waals surface area (Å²) in [5.74, 6) is -0.392. The normalized spacial score (nSPS) is 14.0. The average Bonchev–Trinajstić information content (AvgIpc) is 3.33. The smallest absolute Gasteiger partial charge is 0.291 e. The van der Waals surface area contributed by atoms with E-state index in [1.165, 1.54) is 30.3 Å². The maximum absolute atomic E-state index is 13.0. The molecule has 0 saturated heterocycles. The predicted molar refractivity (Wildman–Crippen MR) is 102 cm³/mol. The van der Waals surface area contributed by atoms with Gasteiger partial charge in [0, 0.05) is 17.3 Å². The van der Waals surface area contributed by atoms with Crippen LogP contribution in [0.15, 0.2) is 70.0 Å². The van der Waals surface area contributed by atoms with E-state index in [1.54, 1.807) is 30.3 Å². The molecule has 2 aromatic carbocycles. The van der Waals surface area contributed by atoms with Crippen LogP contribution in [0, 0.1) is 5.82 Å². The highest BCUT2D eigenvalue weighted by atomic mass is 32.2. The Hall–Kier alpha value is -2.97. The van der Waals surface area contributed by atoms with Crippen molar-refractivity contribution in [1.29, 1.82) is 0 Å². The average molecular weight is 400 g/mol. The number of amides is 1. The predicted octanol–water partition coefficient (Wildman–Crippen LogP) is 3.78. The first-order valence-electron chi connectivity index (χ1n) is 8.70. The monoisotopic (exact) mass is 400 g/mol. The van der Waals surface area contributed by atoms with Crippen LogP contribution in [0.5, 0.6) is 0 Å². The number of halogens is 1. The molecule has 0 radical (unpaired) electrons. The molecule has 1 fully saturated rings. The molecule has 1 amide bonds. The largest absolute Gasteiger partial charge is 0.451 e. The second-order valence-corrected chi connectivity index (χ2v) is 8.26. The minimum atomic E-state index is -3.61. The second-order valence-electron chi connectivity index (χ2n) is 6.55. The minimum absolute atomic E-state index is 0.00347. The number of rotatable bonds is 6. The SMILES string of the molecule is O=C(Nc1cccc(S(=O)(=O)NC2CC2)c1)c1ccc(-c2ccc(F)cc2)o1. The van der Waals surface area contributed by atoms with Gasteiger partial charge in [0.15, 0.2) is 5.76 Å². The molecule has 2 N–H and O–H groups in total. The number of nitrogens with one attached hydrogen (secondary N) is 2. The summed E-state index contributed by atoms with van der Waals surface area (Å²) >= 11 is 0. The summed E-state index contributed by atoms with van der Waals surface area (Å²) in [5, 5.41) is 2.63. The molecule has 28 heavy (non-hydrogen) atoms. The van der Waals surface area contributed by atoms with E-state index in [0.29, 0.717) is 17.0 Å². The molecular formula is C20H17FN2O4S. The van der Waals surface area contributed by atoms with Gasteiger partial charge in [0.25, 0.3) is 5.91 Å². The van der Waals surface area contributed by atoms with E-state index in [9.17, 15) is 17.6 Å². The Labute approximate surface area is 161 Å². The number of hydrogen-bond acceptors (Lipinski definition) is 4. The summed E-state index contributed by atoms with van der Waals surface area (Å²) in [7, 11) is -3.61. The van der Waals surface area contributed by atoms with Crippen molar-refractivity contribution in [3.8, 4) is 11.3 Å². The molecule has 0 aliphatic heterocycles. The molecule has 1 aliphatic carbocycles. The van der Waals surface area contributed by atoms with E-state index >= 15 is 0 Å². The van der Waals surface area contributed by atoms with Crippen molar-refractivity contribution < 1.29 is 22.0 Å². The molecule has 1 aliphatic rings. The van der Waals surface area contributed by atoms with Gasteiger partial charge < -0.3 is 9.73 Å². The van der Waals surface area contributed by atoms with Gasteiger partial charge >= 0.3 is 0 Å². The molecule has 1 saturated carbocycles. The quantitative estimate of drug-likeness (QED) is 0.659. The van der Waals surface area contributed by atoms with Crippen molar-refractivity contribution in [2.45, 2.75) is 23.8 Å². The Kier molecular flexibility index (Phi) is 4.74. The van der Waals surface area contributed by atoms with E-state index in [-0.39, 0.29) is 22.5 Å². The van der Waals surface area contributed by atoms with Crippen molar-refractivity contribution in [2.24, 2.45) is 0 Å². The maximum Gasteiger partial charge on any atom is 0.291 e. The molecule has 6 nitrogen and oxygen atoms in total. The summed E-state index contributed by atoms with van der Waals surface area (Å²) in [4.78, 5) is 12.5. The van der Waals surface area contributed by atoms with Gasteiger partial charge in [-0.05, 0) is 67.4 Å². The van der Waals surface area contributed by atoms with Crippen molar-refractivity contribution in [2.75, 3.05) is 5.32 Å². The van der Waals surface area contributed by atoms with E-state index < -0.39 is 15.9 Å².